The van der Waals surface area contributed by atoms with Crippen LogP contribution in [0.2, 0.25) is 0 Å². The van der Waals surface area contributed by atoms with Gasteiger partial charge in [-0.15, -0.1) is 11.8 Å². The molecule has 1 heteroatoms. The Balaban J connectivity index is 2.36. The summed E-state index contributed by atoms with van der Waals surface area (Å²) >= 11 is 1.99. The maximum Gasteiger partial charge on any atom is 0.00721 e. The molecule has 0 unspecified atom stereocenters. The maximum absolute atomic E-state index is 2.27. The van der Waals surface area contributed by atoms with Crippen LogP contribution in [-0.2, 0) is 5.41 Å². The standard InChI is InChI=1S/C16H26S/c1-5-6-7-8-13-17-15-11-9-14(10-12-15)16(2,3)4/h9-12H,5-8,13H2,1-4H3. The molecule has 1 aromatic carbocycles. The first kappa shape index (κ1) is 14.6. The minimum absolute atomic E-state index is 0.268. The lowest BCUT2D eigenvalue weighted by Gasteiger charge is -2.19. The molecule has 0 aliphatic carbocycles. The quantitative estimate of drug-likeness (QED) is 0.464. The van der Waals surface area contributed by atoms with E-state index in [-0.39, 0.29) is 5.41 Å². The third-order valence-electron chi connectivity index (χ3n) is 2.99. The van der Waals surface area contributed by atoms with Crippen LogP contribution in [0.15, 0.2) is 29.2 Å². The third kappa shape index (κ3) is 5.63. The minimum Gasteiger partial charge on any atom is -0.126 e. The number of hydrogen-bond acceptors (Lipinski definition) is 1. The first-order valence-electron chi connectivity index (χ1n) is 6.77. The van der Waals surface area contributed by atoms with Gasteiger partial charge in [0.25, 0.3) is 0 Å². The van der Waals surface area contributed by atoms with E-state index in [1.165, 1.54) is 41.9 Å². The second-order valence-corrected chi connectivity index (χ2v) is 6.85. The molecule has 0 aliphatic rings. The number of benzene rings is 1. The maximum atomic E-state index is 2.27. The van der Waals surface area contributed by atoms with E-state index in [0.29, 0.717) is 0 Å². The van der Waals surface area contributed by atoms with Crippen molar-refractivity contribution in [1.29, 1.82) is 0 Å². The van der Waals surface area contributed by atoms with Gasteiger partial charge in [0.2, 0.25) is 0 Å². The summed E-state index contributed by atoms with van der Waals surface area (Å²) in [5, 5.41) is 0. The summed E-state index contributed by atoms with van der Waals surface area (Å²) in [4.78, 5) is 1.41. The molecule has 0 fully saturated rings. The average Bonchev–Trinajstić information content (AvgIpc) is 2.28. The summed E-state index contributed by atoms with van der Waals surface area (Å²) in [6.45, 7) is 9.05. The molecule has 0 radical (unpaired) electrons. The lowest BCUT2D eigenvalue weighted by Crippen LogP contribution is -2.10. The molecule has 1 aromatic rings. The van der Waals surface area contributed by atoms with E-state index in [4.69, 9.17) is 0 Å². The lowest BCUT2D eigenvalue weighted by atomic mass is 9.87. The molecule has 0 atom stereocenters. The fraction of sp³-hybridized carbons (Fsp3) is 0.625. The van der Waals surface area contributed by atoms with E-state index in [0.717, 1.165) is 0 Å². The summed E-state index contributed by atoms with van der Waals surface area (Å²) < 4.78 is 0. The Labute approximate surface area is 111 Å². The Kier molecular flexibility index (Phi) is 6.11. The normalized spacial score (nSPS) is 11.8. The summed E-state index contributed by atoms with van der Waals surface area (Å²) in [5.41, 5.74) is 1.69. The number of hydrogen-bond donors (Lipinski definition) is 0. The minimum atomic E-state index is 0.268. The van der Waals surface area contributed by atoms with Gasteiger partial charge in [0.15, 0.2) is 0 Å². The number of rotatable bonds is 6. The summed E-state index contributed by atoms with van der Waals surface area (Å²) in [6, 6.07) is 9.08. The van der Waals surface area contributed by atoms with Gasteiger partial charge in [-0.1, -0.05) is 59.1 Å². The van der Waals surface area contributed by atoms with Crippen LogP contribution < -0.4 is 0 Å². The molecule has 0 aliphatic heterocycles. The largest absolute Gasteiger partial charge is 0.126 e. The van der Waals surface area contributed by atoms with Crippen LogP contribution in [0.5, 0.6) is 0 Å². The van der Waals surface area contributed by atoms with Crippen molar-refractivity contribution in [1.82, 2.24) is 0 Å². The molecule has 0 bridgehead atoms. The van der Waals surface area contributed by atoms with E-state index < -0.39 is 0 Å². The highest BCUT2D eigenvalue weighted by atomic mass is 32.2. The molecule has 0 aromatic heterocycles. The SMILES string of the molecule is CCCCCCSc1ccc(C(C)(C)C)cc1. The first-order valence-corrected chi connectivity index (χ1v) is 7.76. The van der Waals surface area contributed by atoms with E-state index in [1.807, 2.05) is 11.8 Å². The Morgan fingerprint density at radius 1 is 0.941 bits per heavy atom. The predicted octanol–water partition coefficient (Wildman–Crippen LogP) is 5.66. The Hall–Kier alpha value is -0.430. The Bertz CT molecular complexity index is 305. The monoisotopic (exact) mass is 250 g/mol. The van der Waals surface area contributed by atoms with E-state index in [1.54, 1.807) is 0 Å². The zero-order valence-corrected chi connectivity index (χ0v) is 12.6. The van der Waals surface area contributed by atoms with Crippen molar-refractivity contribution in [3.05, 3.63) is 29.8 Å². The second kappa shape index (κ2) is 7.10. The summed E-state index contributed by atoms with van der Waals surface area (Å²) in [5.74, 6) is 1.26. The molecule has 0 heterocycles. The zero-order valence-electron chi connectivity index (χ0n) is 11.8. The Morgan fingerprint density at radius 2 is 1.59 bits per heavy atom. The molecule has 0 spiro atoms. The van der Waals surface area contributed by atoms with Crippen LogP contribution in [-0.4, -0.2) is 5.75 Å². The molecule has 0 nitrogen and oxygen atoms in total. The summed E-state index contributed by atoms with van der Waals surface area (Å²) in [6.07, 6.45) is 5.43. The highest BCUT2D eigenvalue weighted by molar-refractivity contribution is 7.99. The highest BCUT2D eigenvalue weighted by Gasteiger charge is 2.12. The van der Waals surface area contributed by atoms with Gasteiger partial charge in [-0.05, 0) is 35.3 Å². The molecular weight excluding hydrogens is 224 g/mol. The van der Waals surface area contributed by atoms with E-state index >= 15 is 0 Å². The van der Waals surface area contributed by atoms with Crippen molar-refractivity contribution < 1.29 is 0 Å². The first-order chi connectivity index (χ1) is 8.04. The van der Waals surface area contributed by atoms with Crippen molar-refractivity contribution in [3.8, 4) is 0 Å². The van der Waals surface area contributed by atoms with Gasteiger partial charge in [-0.2, -0.15) is 0 Å². The van der Waals surface area contributed by atoms with Gasteiger partial charge in [0, 0.05) is 4.90 Å². The molecule has 0 saturated carbocycles. The van der Waals surface area contributed by atoms with Crippen molar-refractivity contribution in [2.24, 2.45) is 0 Å². The van der Waals surface area contributed by atoms with Gasteiger partial charge in [-0.25, -0.2) is 0 Å². The van der Waals surface area contributed by atoms with Gasteiger partial charge >= 0.3 is 0 Å². The van der Waals surface area contributed by atoms with Crippen LogP contribution in [0.4, 0.5) is 0 Å². The molecule has 1 rings (SSSR count). The van der Waals surface area contributed by atoms with Crippen LogP contribution in [0.1, 0.15) is 58.9 Å². The van der Waals surface area contributed by atoms with Crippen molar-refractivity contribution in [2.45, 2.75) is 63.7 Å². The third-order valence-corrected chi connectivity index (χ3v) is 4.09. The fourth-order valence-electron chi connectivity index (χ4n) is 1.77. The van der Waals surface area contributed by atoms with E-state index in [2.05, 4.69) is 52.0 Å². The average molecular weight is 250 g/mol. The van der Waals surface area contributed by atoms with Crippen molar-refractivity contribution in [3.63, 3.8) is 0 Å². The van der Waals surface area contributed by atoms with Crippen LogP contribution >= 0.6 is 11.8 Å². The summed E-state index contributed by atoms with van der Waals surface area (Å²) in [7, 11) is 0. The van der Waals surface area contributed by atoms with Crippen LogP contribution in [0, 0.1) is 0 Å². The number of unbranched alkanes of at least 4 members (excludes halogenated alkanes) is 3. The van der Waals surface area contributed by atoms with Gasteiger partial charge in [0.05, 0.1) is 0 Å². The fourth-order valence-corrected chi connectivity index (χ4v) is 2.68. The lowest BCUT2D eigenvalue weighted by molar-refractivity contribution is 0.590. The van der Waals surface area contributed by atoms with Crippen LogP contribution in [0.25, 0.3) is 0 Å². The smallest absolute Gasteiger partial charge is 0.00721 e. The Morgan fingerprint density at radius 3 is 2.12 bits per heavy atom. The molecule has 0 N–H and O–H groups in total. The zero-order chi connectivity index (χ0) is 12.7. The molecule has 0 amide bonds. The predicted molar refractivity (Wildman–Crippen MR) is 80.0 cm³/mol. The van der Waals surface area contributed by atoms with Crippen molar-refractivity contribution in [2.75, 3.05) is 5.75 Å². The highest BCUT2D eigenvalue weighted by Crippen LogP contribution is 2.26. The van der Waals surface area contributed by atoms with Gasteiger partial charge in [0.1, 0.15) is 0 Å². The molecule has 0 saturated heterocycles. The second-order valence-electron chi connectivity index (χ2n) is 5.68. The number of thioether (sulfide) groups is 1. The van der Waals surface area contributed by atoms with Gasteiger partial charge < -0.3 is 0 Å². The van der Waals surface area contributed by atoms with E-state index in [9.17, 15) is 0 Å². The van der Waals surface area contributed by atoms with Gasteiger partial charge in [-0.3, -0.25) is 0 Å². The molecule has 17 heavy (non-hydrogen) atoms. The molecular formula is C16H26S. The molecule has 96 valence electrons. The topological polar surface area (TPSA) is 0 Å². The van der Waals surface area contributed by atoms with Crippen LogP contribution in [0.3, 0.4) is 0 Å². The van der Waals surface area contributed by atoms with Crippen molar-refractivity contribution >= 4 is 11.8 Å².